The second-order valence-corrected chi connectivity index (χ2v) is 5.70. The van der Waals surface area contributed by atoms with E-state index in [4.69, 9.17) is 5.73 Å². The van der Waals surface area contributed by atoms with Gasteiger partial charge in [0.1, 0.15) is 0 Å². The lowest BCUT2D eigenvalue weighted by Crippen LogP contribution is -2.16. The molecule has 0 spiro atoms. The molecule has 90 valence electrons. The molecule has 1 atom stereocenters. The minimum absolute atomic E-state index is 0.260. The fourth-order valence-electron chi connectivity index (χ4n) is 1.33. The average Bonchev–Trinajstić information content (AvgIpc) is 2.23. The quantitative estimate of drug-likeness (QED) is 0.879. The highest BCUT2D eigenvalue weighted by Crippen LogP contribution is 2.24. The molecule has 0 bridgehead atoms. The zero-order chi connectivity index (χ0) is 12.3. The Morgan fingerprint density at radius 3 is 2.44 bits per heavy atom. The molecule has 0 aliphatic heterocycles. The van der Waals surface area contributed by atoms with Gasteiger partial charge in [-0.15, -0.1) is 0 Å². The Labute approximate surface area is 99.4 Å². The molecule has 0 fully saturated rings. The summed E-state index contributed by atoms with van der Waals surface area (Å²) >= 11 is 1.64. The molecule has 0 saturated heterocycles. The van der Waals surface area contributed by atoms with Gasteiger partial charge in [0.2, 0.25) is 0 Å². The predicted molar refractivity (Wildman–Crippen MR) is 65.6 cm³/mol. The van der Waals surface area contributed by atoms with Crippen molar-refractivity contribution >= 4 is 11.8 Å². The van der Waals surface area contributed by atoms with Gasteiger partial charge >= 0.3 is 0 Å². The summed E-state index contributed by atoms with van der Waals surface area (Å²) in [5.41, 5.74) is 6.41. The molecule has 0 radical (unpaired) electrons. The maximum atomic E-state index is 13.6. The second kappa shape index (κ2) is 5.64. The molecule has 0 aromatic heterocycles. The SMILES string of the molecule is Cc1ccc(C(N)CSC(C)C)c(F)c1F. The highest BCUT2D eigenvalue weighted by atomic mass is 32.2. The van der Waals surface area contributed by atoms with Gasteiger partial charge in [0, 0.05) is 17.4 Å². The van der Waals surface area contributed by atoms with E-state index in [1.165, 1.54) is 6.92 Å². The van der Waals surface area contributed by atoms with Gasteiger partial charge in [-0.1, -0.05) is 26.0 Å². The molecule has 4 heteroatoms. The summed E-state index contributed by atoms with van der Waals surface area (Å²) in [5.74, 6) is -1.00. The van der Waals surface area contributed by atoms with Crippen molar-refractivity contribution in [1.29, 1.82) is 0 Å². The standard InChI is InChI=1S/C12H17F2NS/c1-7(2)16-6-10(15)9-5-4-8(3)11(13)12(9)14/h4-5,7,10H,6,15H2,1-3H3. The molecule has 2 N–H and O–H groups in total. The zero-order valence-electron chi connectivity index (χ0n) is 9.76. The Hall–Kier alpha value is -0.610. The number of rotatable bonds is 4. The number of thioether (sulfide) groups is 1. The van der Waals surface area contributed by atoms with Gasteiger partial charge in [0.25, 0.3) is 0 Å². The summed E-state index contributed by atoms with van der Waals surface area (Å²) < 4.78 is 26.9. The van der Waals surface area contributed by atoms with E-state index in [1.54, 1.807) is 23.9 Å². The minimum Gasteiger partial charge on any atom is -0.323 e. The normalized spacial score (nSPS) is 13.2. The van der Waals surface area contributed by atoms with E-state index in [9.17, 15) is 8.78 Å². The number of hydrogen-bond acceptors (Lipinski definition) is 2. The number of benzene rings is 1. The smallest absolute Gasteiger partial charge is 0.163 e. The summed E-state index contributed by atoms with van der Waals surface area (Å²) in [6, 6.07) is 2.68. The summed E-state index contributed by atoms with van der Waals surface area (Å²) in [6.45, 7) is 5.63. The molecule has 1 nitrogen and oxygen atoms in total. The molecule has 0 heterocycles. The molecule has 1 rings (SSSR count). The van der Waals surface area contributed by atoms with Crippen LogP contribution in [0.1, 0.15) is 31.0 Å². The van der Waals surface area contributed by atoms with Gasteiger partial charge in [-0.25, -0.2) is 8.78 Å². The van der Waals surface area contributed by atoms with E-state index in [2.05, 4.69) is 0 Å². The molecule has 0 saturated carbocycles. The first-order valence-electron chi connectivity index (χ1n) is 5.25. The van der Waals surface area contributed by atoms with Crippen LogP contribution in [-0.2, 0) is 0 Å². The largest absolute Gasteiger partial charge is 0.323 e. The van der Waals surface area contributed by atoms with Crippen LogP contribution in [0.5, 0.6) is 0 Å². The molecule has 0 aliphatic carbocycles. The number of halogens is 2. The monoisotopic (exact) mass is 245 g/mol. The van der Waals surface area contributed by atoms with Crippen molar-refractivity contribution in [2.75, 3.05) is 5.75 Å². The Morgan fingerprint density at radius 1 is 1.25 bits per heavy atom. The highest BCUT2D eigenvalue weighted by molar-refractivity contribution is 7.99. The lowest BCUT2D eigenvalue weighted by atomic mass is 10.1. The fourth-order valence-corrected chi connectivity index (χ4v) is 2.10. The van der Waals surface area contributed by atoms with E-state index in [-0.39, 0.29) is 5.56 Å². The topological polar surface area (TPSA) is 26.0 Å². The number of aryl methyl sites for hydroxylation is 1. The summed E-state index contributed by atoms with van der Waals surface area (Å²) in [7, 11) is 0. The maximum absolute atomic E-state index is 13.6. The predicted octanol–water partition coefficient (Wildman–Crippen LogP) is 3.41. The first kappa shape index (κ1) is 13.5. The Morgan fingerprint density at radius 2 is 1.88 bits per heavy atom. The minimum atomic E-state index is -0.808. The van der Waals surface area contributed by atoms with Crippen molar-refractivity contribution in [1.82, 2.24) is 0 Å². The zero-order valence-corrected chi connectivity index (χ0v) is 10.6. The van der Waals surface area contributed by atoms with E-state index >= 15 is 0 Å². The highest BCUT2D eigenvalue weighted by Gasteiger charge is 2.16. The fraction of sp³-hybridized carbons (Fsp3) is 0.500. The van der Waals surface area contributed by atoms with Crippen LogP contribution in [0.25, 0.3) is 0 Å². The molecule has 1 aromatic rings. The van der Waals surface area contributed by atoms with E-state index < -0.39 is 17.7 Å². The number of hydrogen-bond donors (Lipinski definition) is 1. The molecule has 0 aliphatic rings. The Kier molecular flexibility index (Phi) is 4.74. The second-order valence-electron chi connectivity index (χ2n) is 4.09. The van der Waals surface area contributed by atoms with Gasteiger partial charge in [-0.3, -0.25) is 0 Å². The van der Waals surface area contributed by atoms with Crippen LogP contribution in [0.15, 0.2) is 12.1 Å². The summed E-state index contributed by atoms with van der Waals surface area (Å²) in [6.07, 6.45) is 0. The van der Waals surface area contributed by atoms with Crippen molar-refractivity contribution in [2.45, 2.75) is 32.1 Å². The van der Waals surface area contributed by atoms with Crippen molar-refractivity contribution in [3.05, 3.63) is 34.9 Å². The van der Waals surface area contributed by atoms with Crippen LogP contribution in [0.3, 0.4) is 0 Å². The molecular formula is C12H17F2NS. The van der Waals surface area contributed by atoms with E-state index in [1.807, 2.05) is 13.8 Å². The van der Waals surface area contributed by atoms with Gasteiger partial charge in [-0.05, 0) is 17.7 Å². The maximum Gasteiger partial charge on any atom is 0.163 e. The van der Waals surface area contributed by atoms with E-state index in [0.29, 0.717) is 16.6 Å². The van der Waals surface area contributed by atoms with Gasteiger partial charge in [0.05, 0.1) is 0 Å². The number of nitrogens with two attached hydrogens (primary N) is 1. The molecule has 1 unspecified atom stereocenters. The van der Waals surface area contributed by atoms with Crippen LogP contribution in [-0.4, -0.2) is 11.0 Å². The first-order chi connectivity index (χ1) is 7.43. The third-order valence-electron chi connectivity index (χ3n) is 2.31. The van der Waals surface area contributed by atoms with Gasteiger partial charge in [-0.2, -0.15) is 11.8 Å². The third kappa shape index (κ3) is 3.19. The van der Waals surface area contributed by atoms with Crippen molar-refractivity contribution in [3.8, 4) is 0 Å². The first-order valence-corrected chi connectivity index (χ1v) is 6.30. The molecular weight excluding hydrogens is 228 g/mol. The van der Waals surface area contributed by atoms with Crippen LogP contribution in [0.2, 0.25) is 0 Å². The van der Waals surface area contributed by atoms with Crippen molar-refractivity contribution in [2.24, 2.45) is 5.73 Å². The van der Waals surface area contributed by atoms with Crippen molar-refractivity contribution in [3.63, 3.8) is 0 Å². The lowest BCUT2D eigenvalue weighted by molar-refractivity contribution is 0.487. The molecule has 1 aromatic carbocycles. The Bertz CT molecular complexity index is 366. The van der Waals surface area contributed by atoms with Crippen LogP contribution in [0.4, 0.5) is 8.78 Å². The average molecular weight is 245 g/mol. The van der Waals surface area contributed by atoms with Crippen LogP contribution in [0, 0.1) is 18.6 Å². The molecule has 0 amide bonds. The third-order valence-corrected chi connectivity index (χ3v) is 3.53. The summed E-state index contributed by atoms with van der Waals surface area (Å²) in [4.78, 5) is 0. The summed E-state index contributed by atoms with van der Waals surface area (Å²) in [5, 5.41) is 0.435. The van der Waals surface area contributed by atoms with Crippen LogP contribution >= 0.6 is 11.8 Å². The molecule has 16 heavy (non-hydrogen) atoms. The van der Waals surface area contributed by atoms with Gasteiger partial charge in [0.15, 0.2) is 11.6 Å². The Balaban J connectivity index is 2.84. The van der Waals surface area contributed by atoms with Crippen LogP contribution < -0.4 is 5.73 Å². The van der Waals surface area contributed by atoms with E-state index in [0.717, 1.165) is 0 Å². The van der Waals surface area contributed by atoms with Crippen molar-refractivity contribution < 1.29 is 8.78 Å². The lowest BCUT2D eigenvalue weighted by Gasteiger charge is -2.15. The van der Waals surface area contributed by atoms with Gasteiger partial charge < -0.3 is 5.73 Å².